The quantitative estimate of drug-likeness (QED) is 0.612. The average molecular weight is 378 g/mol. The minimum Gasteiger partial charge on any atom is -0.368 e. The smallest absolute Gasteiger partial charge is 0.250 e. The van der Waals surface area contributed by atoms with Gasteiger partial charge >= 0.3 is 0 Å². The third-order valence-corrected chi connectivity index (χ3v) is 5.26. The van der Waals surface area contributed by atoms with Crippen LogP contribution >= 0.6 is 0 Å². The number of carbonyl (C=O) groups is 1. The van der Waals surface area contributed by atoms with Crippen LogP contribution in [0.15, 0.2) is 36.5 Å². The second kappa shape index (κ2) is 8.39. The summed E-state index contributed by atoms with van der Waals surface area (Å²) in [5.74, 6) is 0.983. The molecule has 1 aromatic carbocycles. The van der Waals surface area contributed by atoms with Gasteiger partial charge in [0.2, 0.25) is 0 Å². The monoisotopic (exact) mass is 378 g/mol. The van der Waals surface area contributed by atoms with Crippen LogP contribution in [0.5, 0.6) is 0 Å². The summed E-state index contributed by atoms with van der Waals surface area (Å²) in [4.78, 5) is 26.6. The number of amides is 1. The van der Waals surface area contributed by atoms with E-state index in [1.54, 1.807) is 18.3 Å². The zero-order valence-corrected chi connectivity index (χ0v) is 15.9. The highest BCUT2D eigenvalue weighted by atomic mass is 16.1. The van der Waals surface area contributed by atoms with Crippen molar-refractivity contribution < 1.29 is 4.79 Å². The molecule has 1 fully saturated rings. The molecule has 4 rings (SSSR count). The van der Waals surface area contributed by atoms with E-state index in [-0.39, 0.29) is 0 Å². The van der Waals surface area contributed by atoms with E-state index in [1.165, 1.54) is 38.8 Å². The molecule has 0 aliphatic carbocycles. The van der Waals surface area contributed by atoms with Crippen molar-refractivity contribution >= 4 is 22.8 Å². The van der Waals surface area contributed by atoms with Crippen LogP contribution < -0.4 is 11.1 Å². The van der Waals surface area contributed by atoms with Crippen LogP contribution in [0.1, 0.15) is 36.0 Å². The second-order valence-electron chi connectivity index (χ2n) is 7.23. The fraction of sp³-hybridized carbons (Fsp3) is 0.381. The number of hydrogen-bond acceptors (Lipinski definition) is 5. The van der Waals surface area contributed by atoms with Gasteiger partial charge in [0, 0.05) is 19.3 Å². The Bertz CT molecular complexity index is 958. The number of H-pyrrole nitrogens is 1. The zero-order chi connectivity index (χ0) is 19.3. The molecular weight excluding hydrogens is 352 g/mol. The fourth-order valence-electron chi connectivity index (χ4n) is 3.79. The fourth-order valence-corrected chi connectivity index (χ4v) is 3.79. The lowest BCUT2D eigenvalue weighted by Crippen LogP contribution is -2.30. The number of aromatic nitrogens is 3. The molecule has 7 nitrogen and oxygen atoms in total. The summed E-state index contributed by atoms with van der Waals surface area (Å²) >= 11 is 0. The Morgan fingerprint density at radius 1 is 1.14 bits per heavy atom. The summed E-state index contributed by atoms with van der Waals surface area (Å²) in [5.41, 5.74) is 8.15. The van der Waals surface area contributed by atoms with Gasteiger partial charge in [-0.3, -0.25) is 4.79 Å². The normalized spacial score (nSPS) is 15.4. The van der Waals surface area contributed by atoms with E-state index in [9.17, 15) is 4.79 Å². The predicted molar refractivity (Wildman–Crippen MR) is 111 cm³/mol. The number of imidazole rings is 1. The summed E-state index contributed by atoms with van der Waals surface area (Å²) in [6.45, 7) is 4.19. The Labute approximate surface area is 164 Å². The van der Waals surface area contributed by atoms with Gasteiger partial charge in [-0.05, 0) is 50.2 Å². The van der Waals surface area contributed by atoms with Gasteiger partial charge < -0.3 is 20.9 Å². The van der Waals surface area contributed by atoms with Crippen molar-refractivity contribution in [1.29, 1.82) is 0 Å². The second-order valence-corrected chi connectivity index (χ2v) is 7.23. The van der Waals surface area contributed by atoms with Crippen LogP contribution in [0, 0.1) is 0 Å². The van der Waals surface area contributed by atoms with Crippen LogP contribution in [0.4, 0.5) is 5.82 Å². The number of likely N-dealkylation sites (tertiary alicyclic amines) is 1. The number of hydrogen-bond donors (Lipinski definition) is 3. The molecule has 0 radical (unpaired) electrons. The highest BCUT2D eigenvalue weighted by molar-refractivity contribution is 6.04. The lowest BCUT2D eigenvalue weighted by molar-refractivity contribution is 0.100. The van der Waals surface area contributed by atoms with Crippen LogP contribution in [-0.4, -0.2) is 51.9 Å². The first-order valence-electron chi connectivity index (χ1n) is 9.92. The summed E-state index contributed by atoms with van der Waals surface area (Å²) in [6.07, 6.45) is 7.03. The Balaban J connectivity index is 1.53. The molecule has 4 N–H and O–H groups in total. The molecule has 0 atom stereocenters. The largest absolute Gasteiger partial charge is 0.368 e. The van der Waals surface area contributed by atoms with Crippen LogP contribution in [-0.2, 0) is 0 Å². The summed E-state index contributed by atoms with van der Waals surface area (Å²) in [7, 11) is 0. The predicted octanol–water partition coefficient (Wildman–Crippen LogP) is 3.01. The molecule has 0 spiro atoms. The molecule has 7 heteroatoms. The number of nitrogens with one attached hydrogen (secondary N) is 2. The van der Waals surface area contributed by atoms with Gasteiger partial charge in [0.05, 0.1) is 16.6 Å². The van der Waals surface area contributed by atoms with Gasteiger partial charge in [-0.2, -0.15) is 0 Å². The molecule has 0 bridgehead atoms. The van der Waals surface area contributed by atoms with E-state index in [0.717, 1.165) is 30.0 Å². The van der Waals surface area contributed by atoms with Crippen molar-refractivity contribution in [3.63, 3.8) is 0 Å². The standard InChI is InChI=1S/C21H26N6O/c22-19(28)15-7-5-9-17-18(15)26-21(25-17)16-8-6-10-23-20(16)24-11-14-27-12-3-1-2-4-13-27/h5-10H,1-4,11-14H2,(H2,22,28)(H,23,24)(H,25,26). The number of para-hydroxylation sites is 1. The van der Waals surface area contributed by atoms with Gasteiger partial charge in [0.1, 0.15) is 17.2 Å². The van der Waals surface area contributed by atoms with E-state index in [0.29, 0.717) is 16.9 Å². The van der Waals surface area contributed by atoms with E-state index >= 15 is 0 Å². The molecule has 1 saturated heterocycles. The van der Waals surface area contributed by atoms with Crippen molar-refractivity contribution in [1.82, 2.24) is 19.9 Å². The molecule has 1 aliphatic heterocycles. The van der Waals surface area contributed by atoms with Crippen molar-refractivity contribution in [2.24, 2.45) is 5.73 Å². The molecule has 0 unspecified atom stereocenters. The Morgan fingerprint density at radius 2 is 1.96 bits per heavy atom. The molecular formula is C21H26N6O. The number of pyridine rings is 1. The molecule has 1 aliphatic rings. The number of carbonyl (C=O) groups excluding carboxylic acids is 1. The van der Waals surface area contributed by atoms with Gasteiger partial charge in [0.25, 0.3) is 5.91 Å². The van der Waals surface area contributed by atoms with Gasteiger partial charge in [-0.1, -0.05) is 18.9 Å². The first kappa shape index (κ1) is 18.4. The maximum absolute atomic E-state index is 11.7. The molecule has 1 amide bonds. The first-order chi connectivity index (χ1) is 13.7. The lowest BCUT2D eigenvalue weighted by atomic mass is 10.2. The SMILES string of the molecule is NC(=O)c1cccc2[nH]c(-c3cccnc3NCCN3CCCCCC3)nc12. The summed E-state index contributed by atoms with van der Waals surface area (Å²) in [6, 6.07) is 9.24. The van der Waals surface area contributed by atoms with Crippen LogP contribution in [0.2, 0.25) is 0 Å². The van der Waals surface area contributed by atoms with Crippen molar-refractivity contribution in [2.45, 2.75) is 25.7 Å². The Hall–Kier alpha value is -2.93. The zero-order valence-electron chi connectivity index (χ0n) is 15.9. The molecule has 2 aromatic heterocycles. The number of primary amides is 1. The number of nitrogens with zero attached hydrogens (tertiary/aromatic N) is 3. The topological polar surface area (TPSA) is 99.9 Å². The van der Waals surface area contributed by atoms with Crippen molar-refractivity contribution in [2.75, 3.05) is 31.5 Å². The number of benzene rings is 1. The van der Waals surface area contributed by atoms with Crippen LogP contribution in [0.3, 0.4) is 0 Å². The molecule has 3 aromatic rings. The Kier molecular flexibility index (Phi) is 5.53. The highest BCUT2D eigenvalue weighted by Gasteiger charge is 2.15. The maximum Gasteiger partial charge on any atom is 0.250 e. The average Bonchev–Trinajstić information content (AvgIpc) is 2.97. The summed E-state index contributed by atoms with van der Waals surface area (Å²) < 4.78 is 0. The number of anilines is 1. The lowest BCUT2D eigenvalue weighted by Gasteiger charge is -2.20. The van der Waals surface area contributed by atoms with Crippen molar-refractivity contribution in [3.8, 4) is 11.4 Å². The van der Waals surface area contributed by atoms with E-state index < -0.39 is 5.91 Å². The number of aromatic amines is 1. The van der Waals surface area contributed by atoms with Crippen molar-refractivity contribution in [3.05, 3.63) is 42.1 Å². The van der Waals surface area contributed by atoms with Gasteiger partial charge in [-0.25, -0.2) is 9.97 Å². The minimum atomic E-state index is -0.481. The minimum absolute atomic E-state index is 0.416. The van der Waals surface area contributed by atoms with Gasteiger partial charge in [-0.15, -0.1) is 0 Å². The van der Waals surface area contributed by atoms with Crippen LogP contribution in [0.25, 0.3) is 22.4 Å². The highest BCUT2D eigenvalue weighted by Crippen LogP contribution is 2.27. The number of nitrogens with two attached hydrogens (primary N) is 1. The number of fused-ring (bicyclic) bond motifs is 1. The third-order valence-electron chi connectivity index (χ3n) is 5.26. The first-order valence-corrected chi connectivity index (χ1v) is 9.92. The number of rotatable bonds is 6. The molecule has 146 valence electrons. The van der Waals surface area contributed by atoms with E-state index in [2.05, 4.69) is 25.2 Å². The van der Waals surface area contributed by atoms with Gasteiger partial charge in [0.15, 0.2) is 0 Å². The molecule has 3 heterocycles. The third kappa shape index (κ3) is 3.99. The molecule has 0 saturated carbocycles. The molecule has 28 heavy (non-hydrogen) atoms. The Morgan fingerprint density at radius 3 is 2.75 bits per heavy atom. The van der Waals surface area contributed by atoms with E-state index in [4.69, 9.17) is 5.73 Å². The van der Waals surface area contributed by atoms with E-state index in [1.807, 2.05) is 18.2 Å². The summed E-state index contributed by atoms with van der Waals surface area (Å²) in [5, 5.41) is 3.46. The maximum atomic E-state index is 11.7.